The molecule has 14 heteroatoms. The summed E-state index contributed by atoms with van der Waals surface area (Å²) in [5, 5.41) is 32.6. The molecule has 2 amide bonds. The zero-order valence-electron chi connectivity index (χ0n) is 25.4. The molecule has 44 heavy (non-hydrogen) atoms. The SMILES string of the molecule is CC(C)(C)OC(=O)N1CCNCC1.O=C(Cc1cccc([N+](=O)[O-])c1)N1CCCCC1.O=C(O)Cc1cccc([N+](=O)[O-])c1. The standard InChI is InChI=1S/C13H16N2O3.C9H18N2O2.C8H7NO4/c16-13(14-7-2-1-3-8-14)10-11-5-4-6-12(9-11)15(17)18;1-9(2,3)13-8(12)11-6-4-10-5-7-11;10-8(11)5-6-2-1-3-7(4-6)9(12)13/h4-6,9H,1-3,7-8,10H2;10H,4-7H2,1-3H3;1-4H,5H2,(H,10,11). The number of piperidine rings is 1. The summed E-state index contributed by atoms with van der Waals surface area (Å²) in [6.45, 7) is 10.5. The van der Waals surface area contributed by atoms with E-state index in [1.165, 1.54) is 36.8 Å². The molecular formula is C30H41N5O9. The summed E-state index contributed by atoms with van der Waals surface area (Å²) >= 11 is 0. The van der Waals surface area contributed by atoms with E-state index in [1.807, 2.05) is 25.7 Å². The number of carboxylic acids is 1. The van der Waals surface area contributed by atoms with Crippen LogP contribution in [0.4, 0.5) is 16.2 Å². The Morgan fingerprint density at radius 2 is 1.32 bits per heavy atom. The van der Waals surface area contributed by atoms with E-state index in [-0.39, 0.29) is 41.8 Å². The number of aliphatic carboxylic acids is 1. The van der Waals surface area contributed by atoms with Crippen molar-refractivity contribution < 1.29 is 34.1 Å². The minimum Gasteiger partial charge on any atom is -0.481 e. The van der Waals surface area contributed by atoms with Crippen molar-refractivity contribution in [1.29, 1.82) is 0 Å². The first kappa shape index (κ1) is 35.6. The smallest absolute Gasteiger partial charge is 0.410 e. The van der Waals surface area contributed by atoms with Crippen molar-refractivity contribution in [2.75, 3.05) is 39.3 Å². The number of rotatable bonds is 6. The largest absolute Gasteiger partial charge is 0.481 e. The number of amides is 2. The molecule has 0 radical (unpaired) electrons. The van der Waals surface area contributed by atoms with Crippen LogP contribution < -0.4 is 5.32 Å². The lowest BCUT2D eigenvalue weighted by molar-refractivity contribution is -0.385. The summed E-state index contributed by atoms with van der Waals surface area (Å²) in [4.78, 5) is 57.3. The number of carbonyl (C=O) groups is 3. The molecule has 0 unspecified atom stereocenters. The maximum atomic E-state index is 12.0. The number of piperazine rings is 1. The Bertz CT molecular complexity index is 1280. The van der Waals surface area contributed by atoms with Gasteiger partial charge in [-0.2, -0.15) is 0 Å². The molecule has 2 heterocycles. The molecule has 2 fully saturated rings. The minimum atomic E-state index is -1.000. The van der Waals surface area contributed by atoms with Crippen LogP contribution in [0.2, 0.25) is 0 Å². The average Bonchev–Trinajstić information content (AvgIpc) is 2.98. The third-order valence-corrected chi connectivity index (χ3v) is 6.43. The van der Waals surface area contributed by atoms with Crippen LogP contribution in [0, 0.1) is 20.2 Å². The number of hydrogen-bond acceptors (Lipinski definition) is 9. The first-order valence-electron chi connectivity index (χ1n) is 14.4. The molecule has 2 saturated heterocycles. The van der Waals surface area contributed by atoms with Gasteiger partial charge >= 0.3 is 12.1 Å². The van der Waals surface area contributed by atoms with Gasteiger partial charge in [-0.25, -0.2) is 4.79 Å². The summed E-state index contributed by atoms with van der Waals surface area (Å²) < 4.78 is 5.24. The van der Waals surface area contributed by atoms with E-state index < -0.39 is 15.8 Å². The van der Waals surface area contributed by atoms with Crippen molar-refractivity contribution in [1.82, 2.24) is 15.1 Å². The van der Waals surface area contributed by atoms with Gasteiger partial charge in [0, 0.05) is 63.5 Å². The molecule has 2 aliphatic heterocycles. The lowest BCUT2D eigenvalue weighted by Gasteiger charge is -2.30. The Hall–Kier alpha value is -4.59. The molecule has 4 rings (SSSR count). The molecule has 2 aliphatic rings. The van der Waals surface area contributed by atoms with Gasteiger partial charge in [-0.15, -0.1) is 0 Å². The topological polar surface area (TPSA) is 185 Å². The Labute approximate surface area is 256 Å². The number of nitrogens with zero attached hydrogens (tertiary/aromatic N) is 4. The van der Waals surface area contributed by atoms with Gasteiger partial charge in [0.15, 0.2) is 0 Å². The van der Waals surface area contributed by atoms with Crippen molar-refractivity contribution >= 4 is 29.3 Å². The van der Waals surface area contributed by atoms with E-state index in [9.17, 15) is 34.6 Å². The maximum absolute atomic E-state index is 12.0. The van der Waals surface area contributed by atoms with Crippen molar-refractivity contribution in [2.24, 2.45) is 0 Å². The molecule has 0 aliphatic carbocycles. The highest BCUT2D eigenvalue weighted by atomic mass is 16.6. The van der Waals surface area contributed by atoms with Gasteiger partial charge in [0.05, 0.1) is 22.7 Å². The van der Waals surface area contributed by atoms with E-state index in [2.05, 4.69) is 5.32 Å². The molecular weight excluding hydrogens is 574 g/mol. The molecule has 240 valence electrons. The molecule has 14 nitrogen and oxygen atoms in total. The Morgan fingerprint density at radius 1 is 0.818 bits per heavy atom. The summed E-state index contributed by atoms with van der Waals surface area (Å²) in [6, 6.07) is 11.9. The quantitative estimate of drug-likeness (QED) is 0.352. The number of carboxylic acid groups (broad SMARTS) is 1. The second kappa shape index (κ2) is 17.5. The Balaban J connectivity index is 0.000000235. The van der Waals surface area contributed by atoms with Gasteiger partial charge in [-0.1, -0.05) is 24.3 Å². The lowest BCUT2D eigenvalue weighted by atomic mass is 10.1. The molecule has 0 atom stereocenters. The normalized spacial score (nSPS) is 14.6. The number of benzene rings is 2. The van der Waals surface area contributed by atoms with E-state index >= 15 is 0 Å². The van der Waals surface area contributed by atoms with Crippen LogP contribution in [0.5, 0.6) is 0 Å². The highest BCUT2D eigenvalue weighted by Gasteiger charge is 2.23. The first-order chi connectivity index (χ1) is 20.7. The number of non-ortho nitro benzene ring substituents is 2. The van der Waals surface area contributed by atoms with Crippen molar-refractivity contribution in [2.45, 2.75) is 58.5 Å². The first-order valence-corrected chi connectivity index (χ1v) is 14.4. The Kier molecular flexibility index (Phi) is 14.2. The van der Waals surface area contributed by atoms with Crippen LogP contribution in [0.15, 0.2) is 48.5 Å². The molecule has 2 N–H and O–H groups in total. The fourth-order valence-electron chi connectivity index (χ4n) is 4.34. The van der Waals surface area contributed by atoms with Crippen LogP contribution in [0.1, 0.15) is 51.2 Å². The van der Waals surface area contributed by atoms with E-state index in [4.69, 9.17) is 9.84 Å². The van der Waals surface area contributed by atoms with Gasteiger partial charge in [-0.3, -0.25) is 29.8 Å². The second-order valence-corrected chi connectivity index (χ2v) is 11.3. The van der Waals surface area contributed by atoms with Gasteiger partial charge in [-0.05, 0) is 51.2 Å². The van der Waals surface area contributed by atoms with Crippen molar-refractivity contribution in [3.8, 4) is 0 Å². The van der Waals surface area contributed by atoms with Crippen LogP contribution in [0.3, 0.4) is 0 Å². The number of nitro benzene ring substituents is 2. The van der Waals surface area contributed by atoms with Crippen molar-refractivity contribution in [3.05, 3.63) is 79.9 Å². The number of carbonyl (C=O) groups excluding carboxylic acids is 2. The zero-order valence-corrected chi connectivity index (χ0v) is 25.4. The van der Waals surface area contributed by atoms with Gasteiger partial charge in [0.1, 0.15) is 5.60 Å². The number of nitro groups is 2. The van der Waals surface area contributed by atoms with Crippen LogP contribution in [0.25, 0.3) is 0 Å². The summed E-state index contributed by atoms with van der Waals surface area (Å²) in [5.74, 6) is -0.935. The van der Waals surface area contributed by atoms with Crippen LogP contribution in [-0.2, 0) is 27.2 Å². The third-order valence-electron chi connectivity index (χ3n) is 6.43. The zero-order chi connectivity index (χ0) is 32.7. The summed E-state index contributed by atoms with van der Waals surface area (Å²) in [6.07, 6.45) is 3.15. The molecule has 0 spiro atoms. The molecule has 2 aromatic rings. The summed E-state index contributed by atoms with van der Waals surface area (Å²) in [7, 11) is 0. The number of nitrogens with one attached hydrogen (secondary N) is 1. The van der Waals surface area contributed by atoms with Gasteiger partial charge < -0.3 is 25.0 Å². The number of likely N-dealkylation sites (tertiary alicyclic amines) is 1. The summed E-state index contributed by atoms with van der Waals surface area (Å²) in [5.41, 5.74) is 0.710. The predicted molar refractivity (Wildman–Crippen MR) is 162 cm³/mol. The van der Waals surface area contributed by atoms with E-state index in [1.54, 1.807) is 23.1 Å². The number of ether oxygens (including phenoxy) is 1. The van der Waals surface area contributed by atoms with Crippen LogP contribution in [-0.4, -0.2) is 87.6 Å². The number of hydrogen-bond donors (Lipinski definition) is 2. The van der Waals surface area contributed by atoms with E-state index in [0.29, 0.717) is 11.1 Å². The van der Waals surface area contributed by atoms with Gasteiger partial charge in [0.25, 0.3) is 11.4 Å². The molecule has 0 saturated carbocycles. The van der Waals surface area contributed by atoms with Gasteiger partial charge in [0.2, 0.25) is 5.91 Å². The highest BCUT2D eigenvalue weighted by molar-refractivity contribution is 5.79. The Morgan fingerprint density at radius 3 is 1.77 bits per heavy atom. The second-order valence-electron chi connectivity index (χ2n) is 11.3. The molecule has 0 bridgehead atoms. The monoisotopic (exact) mass is 615 g/mol. The molecule has 2 aromatic carbocycles. The van der Waals surface area contributed by atoms with E-state index in [0.717, 1.165) is 52.1 Å². The predicted octanol–water partition coefficient (Wildman–Crippen LogP) is 4.20. The minimum absolute atomic E-state index is 0.0407. The third kappa shape index (κ3) is 13.6. The highest BCUT2D eigenvalue weighted by Crippen LogP contribution is 2.16. The van der Waals surface area contributed by atoms with Crippen molar-refractivity contribution in [3.63, 3.8) is 0 Å². The lowest BCUT2D eigenvalue weighted by Crippen LogP contribution is -2.48. The maximum Gasteiger partial charge on any atom is 0.410 e. The van der Waals surface area contributed by atoms with Crippen LogP contribution >= 0.6 is 0 Å². The average molecular weight is 616 g/mol. The fourth-order valence-corrected chi connectivity index (χ4v) is 4.34. The fraction of sp³-hybridized carbons (Fsp3) is 0.500. The molecule has 0 aromatic heterocycles.